The second-order valence-electron chi connectivity index (χ2n) is 7.81. The van der Waals surface area contributed by atoms with E-state index in [-0.39, 0.29) is 11.7 Å². The smallest absolute Gasteiger partial charge is 0.256 e. The maximum absolute atomic E-state index is 13.7. The summed E-state index contributed by atoms with van der Waals surface area (Å²) >= 11 is 0. The van der Waals surface area contributed by atoms with Gasteiger partial charge in [0.25, 0.3) is 5.91 Å². The SMILES string of the molecule is O=C1N2C(=NC13CCN(c1cc(F)ccn1)CC3)CC[C@H]2c1cc(F)cc(F)c1. The van der Waals surface area contributed by atoms with Crippen LogP contribution in [0.4, 0.5) is 19.0 Å². The first kappa shape index (κ1) is 18.1. The number of pyridine rings is 1. The Balaban J connectivity index is 1.37. The van der Waals surface area contributed by atoms with Crippen molar-refractivity contribution in [3.8, 4) is 0 Å². The normalized spacial score (nSPS) is 22.9. The van der Waals surface area contributed by atoms with Crippen LogP contribution in [0.5, 0.6) is 0 Å². The molecule has 2 fully saturated rings. The molecule has 29 heavy (non-hydrogen) atoms. The lowest BCUT2D eigenvalue weighted by Crippen LogP contribution is -2.50. The van der Waals surface area contributed by atoms with Crippen LogP contribution in [0.1, 0.15) is 37.3 Å². The Morgan fingerprint density at radius 3 is 2.41 bits per heavy atom. The van der Waals surface area contributed by atoms with Crippen LogP contribution in [0.3, 0.4) is 0 Å². The Morgan fingerprint density at radius 1 is 1.00 bits per heavy atom. The van der Waals surface area contributed by atoms with Crippen LogP contribution in [-0.4, -0.2) is 40.3 Å². The summed E-state index contributed by atoms with van der Waals surface area (Å²) in [5.74, 6) is -0.510. The maximum atomic E-state index is 13.7. The number of carbonyl (C=O) groups excluding carboxylic acids is 1. The van der Waals surface area contributed by atoms with E-state index in [9.17, 15) is 18.0 Å². The largest absolute Gasteiger partial charge is 0.356 e. The lowest BCUT2D eigenvalue weighted by molar-refractivity contribution is -0.133. The molecule has 2 aromatic rings. The quantitative estimate of drug-likeness (QED) is 0.774. The first-order chi connectivity index (χ1) is 13.9. The molecule has 0 unspecified atom stereocenters. The zero-order chi connectivity index (χ0) is 20.2. The van der Waals surface area contributed by atoms with Gasteiger partial charge in [0.2, 0.25) is 0 Å². The van der Waals surface area contributed by atoms with Gasteiger partial charge in [-0.3, -0.25) is 14.7 Å². The predicted molar refractivity (Wildman–Crippen MR) is 101 cm³/mol. The van der Waals surface area contributed by atoms with E-state index in [0.717, 1.165) is 6.07 Å². The summed E-state index contributed by atoms with van der Waals surface area (Å²) in [6.45, 7) is 1.07. The molecule has 0 bridgehead atoms. The molecule has 150 valence electrons. The van der Waals surface area contributed by atoms with Crippen LogP contribution >= 0.6 is 0 Å². The van der Waals surface area contributed by atoms with Crippen molar-refractivity contribution >= 4 is 17.6 Å². The van der Waals surface area contributed by atoms with Gasteiger partial charge < -0.3 is 4.90 Å². The lowest BCUT2D eigenvalue weighted by atomic mass is 9.87. The molecule has 1 aromatic carbocycles. The number of aromatic nitrogens is 1. The van der Waals surface area contributed by atoms with E-state index in [4.69, 9.17) is 4.99 Å². The van der Waals surface area contributed by atoms with Crippen molar-refractivity contribution in [1.82, 2.24) is 9.88 Å². The number of fused-ring (bicyclic) bond motifs is 1. The molecule has 0 radical (unpaired) electrons. The summed E-state index contributed by atoms with van der Waals surface area (Å²) in [5.41, 5.74) is -0.386. The minimum Gasteiger partial charge on any atom is -0.356 e. The molecule has 1 amide bonds. The third-order valence-electron chi connectivity index (χ3n) is 6.08. The minimum atomic E-state index is -0.844. The number of hydrogen-bond donors (Lipinski definition) is 0. The van der Waals surface area contributed by atoms with Crippen LogP contribution in [0, 0.1) is 17.5 Å². The summed E-state index contributed by atoms with van der Waals surface area (Å²) in [6.07, 6.45) is 3.62. The van der Waals surface area contributed by atoms with E-state index >= 15 is 0 Å². The van der Waals surface area contributed by atoms with E-state index in [2.05, 4.69) is 4.98 Å². The van der Waals surface area contributed by atoms with Gasteiger partial charge >= 0.3 is 0 Å². The van der Waals surface area contributed by atoms with Crippen molar-refractivity contribution < 1.29 is 18.0 Å². The number of amidine groups is 1. The molecule has 5 nitrogen and oxygen atoms in total. The Labute approximate surface area is 165 Å². The van der Waals surface area contributed by atoms with E-state index in [0.29, 0.717) is 56.0 Å². The molecule has 8 heteroatoms. The molecule has 3 aliphatic rings. The van der Waals surface area contributed by atoms with Gasteiger partial charge in [-0.2, -0.15) is 0 Å². The third-order valence-corrected chi connectivity index (χ3v) is 6.08. The minimum absolute atomic E-state index is 0.105. The highest BCUT2D eigenvalue weighted by atomic mass is 19.1. The summed E-state index contributed by atoms with van der Waals surface area (Å²) in [7, 11) is 0. The second kappa shape index (κ2) is 6.57. The zero-order valence-corrected chi connectivity index (χ0v) is 15.6. The molecule has 0 aliphatic carbocycles. The van der Waals surface area contributed by atoms with Gasteiger partial charge in [0.15, 0.2) is 0 Å². The van der Waals surface area contributed by atoms with Crippen LogP contribution in [0.25, 0.3) is 0 Å². The molecule has 2 saturated heterocycles. The maximum Gasteiger partial charge on any atom is 0.256 e. The summed E-state index contributed by atoms with van der Waals surface area (Å²) in [6, 6.07) is 5.68. The number of aliphatic imine (C=N–C) groups is 1. The van der Waals surface area contributed by atoms with Crippen LogP contribution in [0.2, 0.25) is 0 Å². The molecule has 1 aromatic heterocycles. The number of hydrogen-bond acceptors (Lipinski definition) is 4. The second-order valence-corrected chi connectivity index (χ2v) is 7.81. The fraction of sp³-hybridized carbons (Fsp3) is 0.381. The number of benzene rings is 1. The Hall–Kier alpha value is -2.90. The van der Waals surface area contributed by atoms with E-state index in [1.54, 1.807) is 4.90 Å². The fourth-order valence-corrected chi connectivity index (χ4v) is 4.66. The number of halogens is 3. The van der Waals surface area contributed by atoms with Crippen LogP contribution in [-0.2, 0) is 4.79 Å². The molecular weight excluding hydrogens is 381 g/mol. The molecule has 1 atom stereocenters. The highest BCUT2D eigenvalue weighted by Gasteiger charge is 2.53. The van der Waals surface area contributed by atoms with Crippen molar-refractivity contribution in [3.05, 3.63) is 59.5 Å². The monoisotopic (exact) mass is 400 g/mol. The Kier molecular flexibility index (Phi) is 4.11. The highest BCUT2D eigenvalue weighted by Crippen LogP contribution is 2.44. The summed E-state index contributed by atoms with van der Waals surface area (Å²) in [5, 5.41) is 0. The highest BCUT2D eigenvalue weighted by molar-refractivity contribution is 6.10. The van der Waals surface area contributed by atoms with Crippen molar-refractivity contribution in [2.75, 3.05) is 18.0 Å². The third kappa shape index (κ3) is 2.97. The molecule has 0 N–H and O–H groups in total. The van der Waals surface area contributed by atoms with Gasteiger partial charge in [-0.05, 0) is 43.0 Å². The summed E-state index contributed by atoms with van der Waals surface area (Å²) < 4.78 is 40.9. The van der Waals surface area contributed by atoms with Crippen molar-refractivity contribution in [2.45, 2.75) is 37.3 Å². The first-order valence-corrected chi connectivity index (χ1v) is 9.70. The average molecular weight is 400 g/mol. The number of piperidine rings is 1. The van der Waals surface area contributed by atoms with E-state index in [1.165, 1.54) is 30.5 Å². The topological polar surface area (TPSA) is 48.8 Å². The molecule has 4 heterocycles. The van der Waals surface area contributed by atoms with Gasteiger partial charge in [-0.15, -0.1) is 0 Å². The van der Waals surface area contributed by atoms with Gasteiger partial charge in [-0.25, -0.2) is 18.2 Å². The molecule has 0 saturated carbocycles. The first-order valence-electron chi connectivity index (χ1n) is 9.70. The van der Waals surface area contributed by atoms with Crippen LogP contribution < -0.4 is 4.90 Å². The van der Waals surface area contributed by atoms with Gasteiger partial charge in [-0.1, -0.05) is 0 Å². The standard InChI is InChI=1S/C21H19F3N4O/c22-14-3-6-25-19(12-14)27-7-4-21(5-8-27)20(29)28-17(1-2-18(28)26-21)13-9-15(23)11-16(24)10-13/h3,6,9-12,17H,1-2,4-5,7-8H2/t17-/m0/s1. The number of amides is 1. The molecule has 1 spiro atoms. The predicted octanol–water partition coefficient (Wildman–Crippen LogP) is 3.61. The number of carbonyl (C=O) groups is 1. The zero-order valence-electron chi connectivity index (χ0n) is 15.6. The molecule has 3 aliphatic heterocycles. The summed E-state index contributed by atoms with van der Waals surface area (Å²) in [4.78, 5) is 25.9. The fourth-order valence-electron chi connectivity index (χ4n) is 4.66. The van der Waals surface area contributed by atoms with Gasteiger partial charge in [0, 0.05) is 37.8 Å². The average Bonchev–Trinajstić information content (AvgIpc) is 3.20. The number of nitrogens with zero attached hydrogens (tertiary/aromatic N) is 4. The Bertz CT molecular complexity index is 996. The molecular formula is C21H19F3N4O. The van der Waals surface area contributed by atoms with Crippen LogP contribution in [0.15, 0.2) is 41.5 Å². The van der Waals surface area contributed by atoms with Crippen molar-refractivity contribution in [3.63, 3.8) is 0 Å². The van der Waals surface area contributed by atoms with Crippen molar-refractivity contribution in [2.24, 2.45) is 4.99 Å². The van der Waals surface area contributed by atoms with Gasteiger partial charge in [0.1, 0.15) is 34.6 Å². The van der Waals surface area contributed by atoms with Crippen molar-refractivity contribution in [1.29, 1.82) is 0 Å². The number of rotatable bonds is 2. The lowest BCUT2D eigenvalue weighted by Gasteiger charge is -2.37. The van der Waals surface area contributed by atoms with E-state index in [1.807, 2.05) is 4.90 Å². The van der Waals surface area contributed by atoms with E-state index < -0.39 is 23.2 Å². The Morgan fingerprint density at radius 2 is 1.72 bits per heavy atom. The molecule has 5 rings (SSSR count). The number of anilines is 1. The van der Waals surface area contributed by atoms with Gasteiger partial charge in [0.05, 0.1) is 6.04 Å².